The second-order valence-corrected chi connectivity index (χ2v) is 4.20. The minimum atomic E-state index is -0.570. The first-order chi connectivity index (χ1) is 7.66. The van der Waals surface area contributed by atoms with E-state index in [4.69, 9.17) is 11.6 Å². The molecule has 1 fully saturated rings. The molecular formula is C11H12ClFN2O. The first kappa shape index (κ1) is 11.4. The predicted octanol–water partition coefficient (Wildman–Crippen LogP) is 1.57. The Labute approximate surface area is 98.0 Å². The van der Waals surface area contributed by atoms with E-state index < -0.39 is 5.82 Å². The van der Waals surface area contributed by atoms with Crippen LogP contribution in [0.3, 0.4) is 0 Å². The number of carbonyl (C=O) groups is 1. The number of hydrogen-bond acceptors (Lipinski definition) is 2. The molecule has 1 aromatic carbocycles. The molecule has 2 rings (SSSR count). The van der Waals surface area contributed by atoms with Gasteiger partial charge < -0.3 is 10.6 Å². The largest absolute Gasteiger partial charge is 0.348 e. The number of carbonyl (C=O) groups excluding carboxylic acids is 1. The summed E-state index contributed by atoms with van der Waals surface area (Å²) in [5, 5.41) is 6.00. The van der Waals surface area contributed by atoms with Gasteiger partial charge in [-0.1, -0.05) is 11.6 Å². The summed E-state index contributed by atoms with van der Waals surface area (Å²) in [5.74, 6) is -0.830. The number of benzene rings is 1. The summed E-state index contributed by atoms with van der Waals surface area (Å²) in [6.07, 6.45) is 0.905. The van der Waals surface area contributed by atoms with Crippen LogP contribution in [0.4, 0.5) is 4.39 Å². The highest BCUT2D eigenvalue weighted by atomic mass is 35.5. The number of rotatable bonds is 2. The molecule has 16 heavy (non-hydrogen) atoms. The van der Waals surface area contributed by atoms with Gasteiger partial charge in [-0.3, -0.25) is 4.79 Å². The van der Waals surface area contributed by atoms with Gasteiger partial charge in [0, 0.05) is 18.2 Å². The van der Waals surface area contributed by atoms with Gasteiger partial charge in [0.1, 0.15) is 5.82 Å². The van der Waals surface area contributed by atoms with Crippen molar-refractivity contribution in [2.45, 2.75) is 12.5 Å². The topological polar surface area (TPSA) is 41.1 Å². The van der Waals surface area contributed by atoms with E-state index in [2.05, 4.69) is 10.6 Å². The second kappa shape index (κ2) is 4.80. The number of nitrogens with one attached hydrogen (secondary N) is 2. The molecule has 0 bridgehead atoms. The minimum Gasteiger partial charge on any atom is -0.348 e. The maximum atomic E-state index is 13.1. The normalized spacial score (nSPS) is 19.8. The van der Waals surface area contributed by atoms with Gasteiger partial charge in [0.2, 0.25) is 0 Å². The van der Waals surface area contributed by atoms with E-state index in [-0.39, 0.29) is 17.0 Å². The van der Waals surface area contributed by atoms with E-state index in [0.717, 1.165) is 25.6 Å². The van der Waals surface area contributed by atoms with Crippen LogP contribution in [0, 0.1) is 5.82 Å². The van der Waals surface area contributed by atoms with Crippen molar-refractivity contribution in [2.75, 3.05) is 13.1 Å². The third-order valence-electron chi connectivity index (χ3n) is 2.58. The highest BCUT2D eigenvalue weighted by Gasteiger charge is 2.17. The Morgan fingerprint density at radius 3 is 3.00 bits per heavy atom. The van der Waals surface area contributed by atoms with Crippen LogP contribution >= 0.6 is 11.6 Å². The van der Waals surface area contributed by atoms with Gasteiger partial charge in [-0.15, -0.1) is 0 Å². The van der Waals surface area contributed by atoms with Crippen molar-refractivity contribution in [1.82, 2.24) is 10.6 Å². The SMILES string of the molecule is O=C(N[C@@H]1CCNC1)c1ccc(Cl)c(F)c1. The lowest BCUT2D eigenvalue weighted by Crippen LogP contribution is -2.36. The molecule has 5 heteroatoms. The van der Waals surface area contributed by atoms with E-state index in [1.807, 2.05) is 0 Å². The van der Waals surface area contributed by atoms with Crippen LogP contribution in [0.2, 0.25) is 5.02 Å². The molecule has 1 amide bonds. The van der Waals surface area contributed by atoms with Crippen molar-refractivity contribution in [1.29, 1.82) is 0 Å². The summed E-state index contributed by atoms with van der Waals surface area (Å²) >= 11 is 5.54. The lowest BCUT2D eigenvalue weighted by molar-refractivity contribution is 0.0939. The third-order valence-corrected chi connectivity index (χ3v) is 2.88. The quantitative estimate of drug-likeness (QED) is 0.827. The van der Waals surface area contributed by atoms with Crippen LogP contribution in [0.5, 0.6) is 0 Å². The van der Waals surface area contributed by atoms with Gasteiger partial charge in [0.15, 0.2) is 0 Å². The first-order valence-electron chi connectivity index (χ1n) is 5.13. The summed E-state index contributed by atoms with van der Waals surface area (Å²) in [6.45, 7) is 1.67. The fourth-order valence-electron chi connectivity index (χ4n) is 1.68. The van der Waals surface area contributed by atoms with Gasteiger partial charge in [-0.05, 0) is 31.2 Å². The second-order valence-electron chi connectivity index (χ2n) is 3.79. The maximum absolute atomic E-state index is 13.1. The average molecular weight is 243 g/mol. The van der Waals surface area contributed by atoms with Crippen LogP contribution in [-0.4, -0.2) is 25.0 Å². The zero-order chi connectivity index (χ0) is 11.5. The van der Waals surface area contributed by atoms with Gasteiger partial charge in [-0.2, -0.15) is 0 Å². The lowest BCUT2D eigenvalue weighted by Gasteiger charge is -2.11. The Morgan fingerprint density at radius 1 is 1.56 bits per heavy atom. The lowest BCUT2D eigenvalue weighted by atomic mass is 10.2. The molecule has 0 aromatic heterocycles. The van der Waals surface area contributed by atoms with Crippen molar-refractivity contribution >= 4 is 17.5 Å². The Bertz CT molecular complexity index is 405. The Morgan fingerprint density at radius 2 is 2.38 bits per heavy atom. The van der Waals surface area contributed by atoms with Crippen LogP contribution in [0.1, 0.15) is 16.8 Å². The van der Waals surface area contributed by atoms with Crippen molar-refractivity contribution < 1.29 is 9.18 Å². The van der Waals surface area contributed by atoms with Gasteiger partial charge in [0.25, 0.3) is 5.91 Å². The molecule has 1 atom stereocenters. The molecule has 0 spiro atoms. The zero-order valence-corrected chi connectivity index (χ0v) is 9.35. The van der Waals surface area contributed by atoms with Crippen molar-refractivity contribution in [2.24, 2.45) is 0 Å². The average Bonchev–Trinajstić information content (AvgIpc) is 2.74. The standard InChI is InChI=1S/C11H12ClFN2O/c12-9-2-1-7(5-10(9)13)11(16)15-8-3-4-14-6-8/h1-2,5,8,14H,3-4,6H2,(H,15,16)/t8-/m1/s1. The van der Waals surface area contributed by atoms with Crippen molar-refractivity contribution in [3.63, 3.8) is 0 Å². The van der Waals surface area contributed by atoms with Crippen LogP contribution in [-0.2, 0) is 0 Å². The van der Waals surface area contributed by atoms with Crippen LogP contribution < -0.4 is 10.6 Å². The van der Waals surface area contributed by atoms with Crippen LogP contribution in [0.15, 0.2) is 18.2 Å². The smallest absolute Gasteiger partial charge is 0.251 e. The highest BCUT2D eigenvalue weighted by molar-refractivity contribution is 6.30. The molecule has 1 heterocycles. The van der Waals surface area contributed by atoms with E-state index in [1.54, 1.807) is 0 Å². The zero-order valence-electron chi connectivity index (χ0n) is 8.59. The molecule has 1 aliphatic heterocycles. The molecular weight excluding hydrogens is 231 g/mol. The van der Waals surface area contributed by atoms with Crippen molar-refractivity contribution in [3.05, 3.63) is 34.6 Å². The summed E-state index contributed by atoms with van der Waals surface area (Å²) in [6, 6.07) is 4.19. The number of amides is 1. The highest BCUT2D eigenvalue weighted by Crippen LogP contribution is 2.15. The van der Waals surface area contributed by atoms with E-state index in [1.165, 1.54) is 12.1 Å². The molecule has 1 saturated heterocycles. The summed E-state index contributed by atoms with van der Waals surface area (Å²) in [7, 11) is 0. The van der Waals surface area contributed by atoms with Crippen LogP contribution in [0.25, 0.3) is 0 Å². The number of hydrogen-bond donors (Lipinski definition) is 2. The Hall–Kier alpha value is -1.13. The fourth-order valence-corrected chi connectivity index (χ4v) is 1.80. The molecule has 0 saturated carbocycles. The molecule has 2 N–H and O–H groups in total. The van der Waals surface area contributed by atoms with E-state index in [9.17, 15) is 9.18 Å². The van der Waals surface area contributed by atoms with Gasteiger partial charge in [-0.25, -0.2) is 4.39 Å². The maximum Gasteiger partial charge on any atom is 0.251 e. The monoisotopic (exact) mass is 242 g/mol. The predicted molar refractivity (Wildman–Crippen MR) is 60.2 cm³/mol. The summed E-state index contributed by atoms with van der Waals surface area (Å²) < 4.78 is 13.1. The molecule has 0 aliphatic carbocycles. The first-order valence-corrected chi connectivity index (χ1v) is 5.51. The molecule has 86 valence electrons. The molecule has 1 aliphatic rings. The molecule has 1 aromatic rings. The van der Waals surface area contributed by atoms with Gasteiger partial charge in [0.05, 0.1) is 5.02 Å². The molecule has 3 nitrogen and oxygen atoms in total. The Kier molecular flexibility index (Phi) is 3.41. The van der Waals surface area contributed by atoms with E-state index in [0.29, 0.717) is 5.56 Å². The van der Waals surface area contributed by atoms with E-state index >= 15 is 0 Å². The van der Waals surface area contributed by atoms with Gasteiger partial charge >= 0.3 is 0 Å². The number of halogens is 2. The minimum absolute atomic E-state index is 0.0269. The molecule has 0 unspecified atom stereocenters. The Balaban J connectivity index is 2.05. The summed E-state index contributed by atoms with van der Waals surface area (Å²) in [5.41, 5.74) is 0.300. The molecule has 0 radical (unpaired) electrons. The van der Waals surface area contributed by atoms with Crippen molar-refractivity contribution in [3.8, 4) is 0 Å². The fraction of sp³-hybridized carbons (Fsp3) is 0.364. The summed E-state index contributed by atoms with van der Waals surface area (Å²) in [4.78, 5) is 11.7. The third kappa shape index (κ3) is 2.51.